The van der Waals surface area contributed by atoms with Gasteiger partial charge in [-0.2, -0.15) is 0 Å². The molecule has 2 aromatic carbocycles. The quantitative estimate of drug-likeness (QED) is 0.772. The Morgan fingerprint density at radius 3 is 1.44 bits per heavy atom. The standard InChI is InChI=1S/C14H16O3Si/c1-15-18(2,16-13-9-5-3-6-10-13)17-14-11-7-4-8-12-14/h3-12H,1-2H3. The van der Waals surface area contributed by atoms with E-state index in [-0.39, 0.29) is 0 Å². The van der Waals surface area contributed by atoms with E-state index in [1.165, 1.54) is 0 Å². The average Bonchev–Trinajstić information content (AvgIpc) is 2.41. The second-order valence-corrected chi connectivity index (χ2v) is 6.44. The minimum atomic E-state index is -2.71. The maximum Gasteiger partial charge on any atom is 0.628 e. The molecule has 0 unspecified atom stereocenters. The number of benzene rings is 2. The first-order chi connectivity index (χ1) is 8.72. The van der Waals surface area contributed by atoms with Gasteiger partial charge >= 0.3 is 8.80 Å². The molecule has 94 valence electrons. The lowest BCUT2D eigenvalue weighted by Gasteiger charge is -2.25. The SMILES string of the molecule is CO[Si](C)(Oc1ccccc1)Oc1ccccc1. The predicted octanol–water partition coefficient (Wildman–Crippen LogP) is 3.36. The van der Waals surface area contributed by atoms with Gasteiger partial charge in [-0.1, -0.05) is 36.4 Å². The lowest BCUT2D eigenvalue weighted by atomic mass is 10.3. The lowest BCUT2D eigenvalue weighted by molar-refractivity contribution is 0.214. The van der Waals surface area contributed by atoms with Crippen LogP contribution in [-0.2, 0) is 4.43 Å². The molecule has 0 saturated heterocycles. The van der Waals surface area contributed by atoms with Gasteiger partial charge in [-0.3, -0.25) is 0 Å². The van der Waals surface area contributed by atoms with Crippen LogP contribution in [0, 0.1) is 0 Å². The van der Waals surface area contributed by atoms with Crippen LogP contribution in [-0.4, -0.2) is 15.9 Å². The Morgan fingerprint density at radius 2 is 1.11 bits per heavy atom. The Hall–Kier alpha value is -1.78. The predicted molar refractivity (Wildman–Crippen MR) is 72.8 cm³/mol. The molecule has 0 atom stereocenters. The van der Waals surface area contributed by atoms with Crippen LogP contribution in [0.2, 0.25) is 6.55 Å². The summed E-state index contributed by atoms with van der Waals surface area (Å²) in [6, 6.07) is 19.1. The van der Waals surface area contributed by atoms with Gasteiger partial charge in [-0.05, 0) is 24.3 Å². The Labute approximate surface area is 108 Å². The van der Waals surface area contributed by atoms with Crippen molar-refractivity contribution in [2.45, 2.75) is 6.55 Å². The number of para-hydroxylation sites is 2. The third kappa shape index (κ3) is 3.35. The summed E-state index contributed by atoms with van der Waals surface area (Å²) in [5.41, 5.74) is 0. The van der Waals surface area contributed by atoms with E-state index in [9.17, 15) is 0 Å². The van der Waals surface area contributed by atoms with Gasteiger partial charge in [0.15, 0.2) is 0 Å². The van der Waals surface area contributed by atoms with E-state index in [1.807, 2.05) is 67.2 Å². The summed E-state index contributed by atoms with van der Waals surface area (Å²) in [5, 5.41) is 0. The van der Waals surface area contributed by atoms with Gasteiger partial charge in [0.05, 0.1) is 0 Å². The smallest absolute Gasteiger partial charge is 0.492 e. The fourth-order valence-corrected chi connectivity index (χ4v) is 2.85. The van der Waals surface area contributed by atoms with E-state index >= 15 is 0 Å². The third-order valence-electron chi connectivity index (χ3n) is 2.46. The zero-order chi connectivity index (χ0) is 12.8. The van der Waals surface area contributed by atoms with Crippen LogP contribution < -0.4 is 8.85 Å². The molecule has 0 aliphatic carbocycles. The van der Waals surface area contributed by atoms with Crippen molar-refractivity contribution in [3.05, 3.63) is 60.7 Å². The monoisotopic (exact) mass is 260 g/mol. The number of rotatable bonds is 5. The molecular formula is C14H16O3Si. The summed E-state index contributed by atoms with van der Waals surface area (Å²) in [4.78, 5) is 0. The van der Waals surface area contributed by atoms with Crippen LogP contribution in [0.25, 0.3) is 0 Å². The molecule has 2 rings (SSSR count). The molecule has 0 aliphatic rings. The van der Waals surface area contributed by atoms with E-state index < -0.39 is 8.80 Å². The summed E-state index contributed by atoms with van der Waals surface area (Å²) in [5.74, 6) is 1.51. The summed E-state index contributed by atoms with van der Waals surface area (Å²) in [6.07, 6.45) is 0. The van der Waals surface area contributed by atoms with Crippen LogP contribution >= 0.6 is 0 Å². The summed E-state index contributed by atoms with van der Waals surface area (Å²) in [6.45, 7) is 1.87. The van der Waals surface area contributed by atoms with E-state index in [2.05, 4.69) is 0 Å². The molecule has 0 aliphatic heterocycles. The highest BCUT2D eigenvalue weighted by atomic mass is 28.4. The second-order valence-electron chi connectivity index (χ2n) is 3.90. The summed E-state index contributed by atoms with van der Waals surface area (Å²) >= 11 is 0. The maximum absolute atomic E-state index is 5.85. The van der Waals surface area contributed by atoms with Gasteiger partial charge in [-0.15, -0.1) is 0 Å². The van der Waals surface area contributed by atoms with Gasteiger partial charge in [0.25, 0.3) is 0 Å². The molecule has 0 aromatic heterocycles. The lowest BCUT2D eigenvalue weighted by Crippen LogP contribution is -2.47. The molecule has 4 heteroatoms. The fraction of sp³-hybridized carbons (Fsp3) is 0.143. The third-order valence-corrected chi connectivity index (χ3v) is 4.42. The Bertz CT molecular complexity index is 431. The topological polar surface area (TPSA) is 27.7 Å². The molecule has 3 nitrogen and oxygen atoms in total. The molecule has 0 N–H and O–H groups in total. The van der Waals surface area contributed by atoms with Gasteiger partial charge in [0.2, 0.25) is 0 Å². The van der Waals surface area contributed by atoms with Crippen LogP contribution in [0.3, 0.4) is 0 Å². The fourth-order valence-electron chi connectivity index (χ4n) is 1.51. The highest BCUT2D eigenvalue weighted by Gasteiger charge is 2.38. The Morgan fingerprint density at radius 1 is 0.722 bits per heavy atom. The van der Waals surface area contributed by atoms with Crippen molar-refractivity contribution in [1.29, 1.82) is 0 Å². The first-order valence-electron chi connectivity index (χ1n) is 5.75. The molecule has 0 spiro atoms. The van der Waals surface area contributed by atoms with Crippen LogP contribution in [0.15, 0.2) is 60.7 Å². The van der Waals surface area contributed by atoms with Gasteiger partial charge in [0, 0.05) is 13.7 Å². The van der Waals surface area contributed by atoms with E-state index in [0.717, 1.165) is 11.5 Å². The van der Waals surface area contributed by atoms with Crippen molar-refractivity contribution in [2.75, 3.05) is 7.11 Å². The molecule has 0 radical (unpaired) electrons. The molecular weight excluding hydrogens is 244 g/mol. The van der Waals surface area contributed by atoms with Gasteiger partial charge in [-0.25, -0.2) is 0 Å². The van der Waals surface area contributed by atoms with Gasteiger partial charge in [0.1, 0.15) is 11.5 Å². The minimum Gasteiger partial charge on any atom is -0.492 e. The Balaban J connectivity index is 2.11. The number of hydrogen-bond donors (Lipinski definition) is 0. The molecule has 0 bridgehead atoms. The van der Waals surface area contributed by atoms with Gasteiger partial charge < -0.3 is 13.3 Å². The largest absolute Gasteiger partial charge is 0.628 e. The molecule has 2 aromatic rings. The van der Waals surface area contributed by atoms with Crippen molar-refractivity contribution in [3.63, 3.8) is 0 Å². The normalized spacial score (nSPS) is 11.0. The average molecular weight is 260 g/mol. The van der Waals surface area contributed by atoms with E-state index in [4.69, 9.17) is 13.3 Å². The Kier molecular flexibility index (Phi) is 4.02. The number of hydrogen-bond acceptors (Lipinski definition) is 3. The minimum absolute atomic E-state index is 0.754. The van der Waals surface area contributed by atoms with Crippen molar-refractivity contribution < 1.29 is 13.3 Å². The maximum atomic E-state index is 5.85. The molecule has 0 amide bonds. The van der Waals surface area contributed by atoms with Crippen molar-refractivity contribution in [3.8, 4) is 11.5 Å². The summed E-state index contributed by atoms with van der Waals surface area (Å²) < 4.78 is 17.1. The molecule has 0 fully saturated rings. The second kappa shape index (κ2) is 5.71. The zero-order valence-corrected chi connectivity index (χ0v) is 11.5. The first kappa shape index (κ1) is 12.7. The highest BCUT2D eigenvalue weighted by Crippen LogP contribution is 2.20. The molecule has 0 heterocycles. The van der Waals surface area contributed by atoms with E-state index in [1.54, 1.807) is 7.11 Å². The zero-order valence-electron chi connectivity index (χ0n) is 10.5. The summed E-state index contributed by atoms with van der Waals surface area (Å²) in [7, 11) is -1.10. The van der Waals surface area contributed by atoms with Crippen molar-refractivity contribution >= 4 is 8.80 Å². The van der Waals surface area contributed by atoms with Crippen LogP contribution in [0.1, 0.15) is 0 Å². The van der Waals surface area contributed by atoms with Crippen molar-refractivity contribution in [2.24, 2.45) is 0 Å². The van der Waals surface area contributed by atoms with E-state index in [0.29, 0.717) is 0 Å². The molecule has 18 heavy (non-hydrogen) atoms. The van der Waals surface area contributed by atoms with Crippen LogP contribution in [0.5, 0.6) is 11.5 Å². The highest BCUT2D eigenvalue weighted by molar-refractivity contribution is 6.60. The van der Waals surface area contributed by atoms with Crippen LogP contribution in [0.4, 0.5) is 0 Å². The molecule has 0 saturated carbocycles. The first-order valence-corrected chi connectivity index (χ1v) is 7.97. The van der Waals surface area contributed by atoms with Crippen molar-refractivity contribution in [1.82, 2.24) is 0 Å².